The van der Waals surface area contributed by atoms with Crippen LogP contribution in [0.25, 0.3) is 0 Å². The first-order valence-corrected chi connectivity index (χ1v) is 4.85. The Kier molecular flexibility index (Phi) is 2.07. The molecule has 1 heterocycles. The molecule has 1 fully saturated rings. The van der Waals surface area contributed by atoms with Gasteiger partial charge in [0.15, 0.2) is 0 Å². The monoisotopic (exact) mass is 193 g/mol. The van der Waals surface area contributed by atoms with E-state index in [9.17, 15) is 4.79 Å². The molecule has 1 atom stereocenters. The van der Waals surface area contributed by atoms with Crippen LogP contribution in [0.1, 0.15) is 31.5 Å². The first-order valence-electron chi connectivity index (χ1n) is 4.85. The molecular formula is C10H15N3O. The number of rotatable bonds is 3. The van der Waals surface area contributed by atoms with Gasteiger partial charge in [0.05, 0.1) is 11.6 Å². The third-order valence-electron chi connectivity index (χ3n) is 2.68. The van der Waals surface area contributed by atoms with E-state index >= 15 is 0 Å². The van der Waals surface area contributed by atoms with Crippen LogP contribution >= 0.6 is 0 Å². The van der Waals surface area contributed by atoms with E-state index in [4.69, 9.17) is 5.73 Å². The third kappa shape index (κ3) is 1.65. The fraction of sp³-hybridized carbons (Fsp3) is 0.500. The Morgan fingerprint density at radius 2 is 2.43 bits per heavy atom. The molecule has 0 aromatic carbocycles. The molecule has 1 unspecified atom stereocenters. The summed E-state index contributed by atoms with van der Waals surface area (Å²) in [5, 5.41) is 2.89. The Bertz CT molecular complexity index is 327. The average Bonchev–Trinajstić information content (AvgIpc) is 2.71. The maximum atomic E-state index is 11.6. The van der Waals surface area contributed by atoms with Crippen molar-refractivity contribution in [2.75, 3.05) is 0 Å². The Balaban J connectivity index is 1.95. The van der Waals surface area contributed by atoms with Gasteiger partial charge in [-0.2, -0.15) is 0 Å². The van der Waals surface area contributed by atoms with Crippen molar-refractivity contribution in [2.45, 2.75) is 31.3 Å². The minimum absolute atomic E-state index is 0.00137. The Labute approximate surface area is 82.9 Å². The molecule has 76 valence electrons. The highest BCUT2D eigenvalue weighted by Gasteiger charge is 2.46. The highest BCUT2D eigenvalue weighted by molar-refractivity contribution is 5.89. The summed E-state index contributed by atoms with van der Waals surface area (Å²) in [7, 11) is 0. The van der Waals surface area contributed by atoms with Crippen LogP contribution in [0, 0.1) is 0 Å². The second-order valence-electron chi connectivity index (χ2n) is 3.98. The number of H-pyrrole nitrogens is 1. The van der Waals surface area contributed by atoms with Gasteiger partial charge >= 0.3 is 0 Å². The summed E-state index contributed by atoms with van der Waals surface area (Å²) in [6, 6.07) is 3.85. The lowest BCUT2D eigenvalue weighted by Crippen LogP contribution is -2.43. The fourth-order valence-corrected chi connectivity index (χ4v) is 1.39. The van der Waals surface area contributed by atoms with Crippen LogP contribution < -0.4 is 11.1 Å². The van der Waals surface area contributed by atoms with Crippen LogP contribution in [0.15, 0.2) is 18.3 Å². The summed E-state index contributed by atoms with van der Waals surface area (Å²) in [4.78, 5) is 14.6. The van der Waals surface area contributed by atoms with E-state index in [1.807, 2.05) is 25.3 Å². The lowest BCUT2D eigenvalue weighted by Gasteiger charge is -2.15. The lowest BCUT2D eigenvalue weighted by molar-refractivity contribution is -0.123. The second kappa shape index (κ2) is 3.13. The summed E-state index contributed by atoms with van der Waals surface area (Å²) in [6.45, 7) is 1.94. The number of aromatic nitrogens is 1. The molecule has 4 heteroatoms. The van der Waals surface area contributed by atoms with Gasteiger partial charge in [0.2, 0.25) is 5.91 Å². The molecule has 1 aliphatic carbocycles. The van der Waals surface area contributed by atoms with Crippen LogP contribution in [0.4, 0.5) is 0 Å². The number of hydrogen-bond acceptors (Lipinski definition) is 2. The van der Waals surface area contributed by atoms with E-state index in [0.717, 1.165) is 18.5 Å². The van der Waals surface area contributed by atoms with Crippen molar-refractivity contribution in [1.29, 1.82) is 0 Å². The Hall–Kier alpha value is -1.29. The molecule has 0 radical (unpaired) electrons. The number of aromatic amines is 1. The molecule has 1 amide bonds. The second-order valence-corrected chi connectivity index (χ2v) is 3.98. The molecule has 0 bridgehead atoms. The highest BCUT2D eigenvalue weighted by Crippen LogP contribution is 2.32. The van der Waals surface area contributed by atoms with Crippen LogP contribution in [-0.4, -0.2) is 16.4 Å². The number of carbonyl (C=O) groups excluding carboxylic acids is 1. The van der Waals surface area contributed by atoms with E-state index in [0.29, 0.717) is 0 Å². The molecule has 1 aliphatic rings. The number of nitrogens with one attached hydrogen (secondary N) is 2. The zero-order valence-electron chi connectivity index (χ0n) is 8.21. The van der Waals surface area contributed by atoms with Gasteiger partial charge in [-0.25, -0.2) is 0 Å². The number of carbonyl (C=O) groups is 1. The first-order chi connectivity index (χ1) is 6.62. The van der Waals surface area contributed by atoms with Gasteiger partial charge in [0, 0.05) is 11.9 Å². The lowest BCUT2D eigenvalue weighted by atomic mass is 10.2. The van der Waals surface area contributed by atoms with Crippen molar-refractivity contribution in [1.82, 2.24) is 10.3 Å². The van der Waals surface area contributed by atoms with E-state index in [1.165, 1.54) is 0 Å². The molecule has 14 heavy (non-hydrogen) atoms. The van der Waals surface area contributed by atoms with Crippen molar-refractivity contribution < 1.29 is 4.79 Å². The summed E-state index contributed by atoms with van der Waals surface area (Å²) < 4.78 is 0. The molecule has 4 nitrogen and oxygen atoms in total. The van der Waals surface area contributed by atoms with Crippen molar-refractivity contribution in [3.05, 3.63) is 24.0 Å². The Morgan fingerprint density at radius 1 is 1.71 bits per heavy atom. The van der Waals surface area contributed by atoms with E-state index in [1.54, 1.807) is 0 Å². The molecule has 1 aromatic heterocycles. The van der Waals surface area contributed by atoms with Crippen LogP contribution in [-0.2, 0) is 4.79 Å². The van der Waals surface area contributed by atoms with E-state index in [2.05, 4.69) is 10.3 Å². The minimum atomic E-state index is -0.582. The standard InChI is InChI=1S/C10H15N3O/c1-7(8-3-2-6-12-8)13-9(14)10(11)4-5-10/h2-3,6-7,12H,4-5,11H2,1H3,(H,13,14). The van der Waals surface area contributed by atoms with Gasteiger partial charge < -0.3 is 16.0 Å². The number of amides is 1. The molecule has 0 spiro atoms. The zero-order valence-corrected chi connectivity index (χ0v) is 8.21. The smallest absolute Gasteiger partial charge is 0.240 e. The highest BCUT2D eigenvalue weighted by atomic mass is 16.2. The van der Waals surface area contributed by atoms with Gasteiger partial charge in [0.25, 0.3) is 0 Å². The van der Waals surface area contributed by atoms with E-state index < -0.39 is 5.54 Å². The van der Waals surface area contributed by atoms with Crippen LogP contribution in [0.2, 0.25) is 0 Å². The van der Waals surface area contributed by atoms with Gasteiger partial charge in [-0.05, 0) is 31.9 Å². The Morgan fingerprint density at radius 3 is 2.93 bits per heavy atom. The van der Waals surface area contributed by atoms with Crippen molar-refractivity contribution in [3.63, 3.8) is 0 Å². The third-order valence-corrected chi connectivity index (χ3v) is 2.68. The molecule has 1 saturated carbocycles. The average molecular weight is 193 g/mol. The largest absolute Gasteiger partial charge is 0.363 e. The minimum Gasteiger partial charge on any atom is -0.363 e. The zero-order chi connectivity index (χ0) is 10.2. The topological polar surface area (TPSA) is 70.9 Å². The van der Waals surface area contributed by atoms with Gasteiger partial charge in [-0.1, -0.05) is 0 Å². The predicted molar refractivity (Wildman–Crippen MR) is 53.5 cm³/mol. The van der Waals surface area contributed by atoms with Crippen LogP contribution in [0.5, 0.6) is 0 Å². The predicted octanol–water partition coefficient (Wildman–Crippen LogP) is 0.683. The molecule has 4 N–H and O–H groups in total. The van der Waals surface area contributed by atoms with E-state index in [-0.39, 0.29) is 11.9 Å². The van der Waals surface area contributed by atoms with Crippen LogP contribution in [0.3, 0.4) is 0 Å². The first kappa shape index (κ1) is 9.27. The number of hydrogen-bond donors (Lipinski definition) is 3. The van der Waals surface area contributed by atoms with Gasteiger partial charge in [-0.15, -0.1) is 0 Å². The van der Waals surface area contributed by atoms with Crippen molar-refractivity contribution >= 4 is 5.91 Å². The molecule has 0 aliphatic heterocycles. The fourth-order valence-electron chi connectivity index (χ4n) is 1.39. The maximum Gasteiger partial charge on any atom is 0.240 e. The van der Waals surface area contributed by atoms with Gasteiger partial charge in [0.1, 0.15) is 0 Å². The summed E-state index contributed by atoms with van der Waals surface area (Å²) >= 11 is 0. The summed E-state index contributed by atoms with van der Waals surface area (Å²) in [5.74, 6) is -0.0420. The van der Waals surface area contributed by atoms with Crippen molar-refractivity contribution in [2.24, 2.45) is 5.73 Å². The summed E-state index contributed by atoms with van der Waals surface area (Å²) in [6.07, 6.45) is 3.44. The molecule has 1 aromatic rings. The normalized spacial score (nSPS) is 20.1. The number of nitrogens with two attached hydrogens (primary N) is 1. The molecular weight excluding hydrogens is 178 g/mol. The van der Waals surface area contributed by atoms with Crippen molar-refractivity contribution in [3.8, 4) is 0 Å². The molecule has 2 rings (SSSR count). The maximum absolute atomic E-state index is 11.6. The molecule has 0 saturated heterocycles. The van der Waals surface area contributed by atoms with Gasteiger partial charge in [-0.3, -0.25) is 4.79 Å². The quantitative estimate of drug-likeness (QED) is 0.660. The summed E-state index contributed by atoms with van der Waals surface area (Å²) in [5.41, 5.74) is 6.19. The SMILES string of the molecule is CC(NC(=O)C1(N)CC1)c1ccc[nH]1.